The number of hydrogen-bond acceptors (Lipinski definition) is 3. The smallest absolute Gasteiger partial charge is 0.371 e. The highest BCUT2D eigenvalue weighted by atomic mass is 16.4. The molecule has 1 aliphatic rings. The van der Waals surface area contributed by atoms with E-state index in [2.05, 4.69) is 11.8 Å². The number of aromatic carboxylic acids is 1. The number of anilines is 1. The van der Waals surface area contributed by atoms with Gasteiger partial charge in [-0.15, -0.1) is 0 Å². The van der Waals surface area contributed by atoms with Crippen molar-refractivity contribution in [2.75, 3.05) is 11.9 Å². The van der Waals surface area contributed by atoms with Gasteiger partial charge in [0, 0.05) is 19.2 Å². The lowest BCUT2D eigenvalue weighted by Crippen LogP contribution is -2.34. The first-order chi connectivity index (χ1) is 8.61. The van der Waals surface area contributed by atoms with Crippen molar-refractivity contribution in [1.82, 2.24) is 0 Å². The lowest BCUT2D eigenvalue weighted by molar-refractivity contribution is 0.0663. The van der Waals surface area contributed by atoms with E-state index in [1.165, 1.54) is 25.3 Å². The van der Waals surface area contributed by atoms with Crippen molar-refractivity contribution in [1.29, 1.82) is 0 Å². The van der Waals surface area contributed by atoms with E-state index in [0.29, 0.717) is 11.9 Å². The summed E-state index contributed by atoms with van der Waals surface area (Å²) in [4.78, 5) is 12.9. The molecule has 1 saturated carbocycles. The summed E-state index contributed by atoms with van der Waals surface area (Å²) in [5.74, 6) is 0.525. The van der Waals surface area contributed by atoms with Crippen molar-refractivity contribution in [3.05, 3.63) is 17.9 Å². The van der Waals surface area contributed by atoms with Gasteiger partial charge in [-0.05, 0) is 37.7 Å². The topological polar surface area (TPSA) is 53.7 Å². The van der Waals surface area contributed by atoms with Gasteiger partial charge < -0.3 is 14.4 Å². The van der Waals surface area contributed by atoms with E-state index < -0.39 is 5.97 Å². The van der Waals surface area contributed by atoms with Gasteiger partial charge in [-0.25, -0.2) is 4.79 Å². The molecular formula is C14H21NO3. The van der Waals surface area contributed by atoms with Gasteiger partial charge in [-0.2, -0.15) is 0 Å². The molecule has 1 aromatic rings. The third kappa shape index (κ3) is 2.68. The standard InChI is InChI=1S/C14H21NO3/c1-3-10-4-6-11(7-5-10)15(2)13-9-8-12(18-13)14(16)17/h8-11H,3-7H2,1-2H3,(H,16,17). The van der Waals surface area contributed by atoms with Crippen LogP contribution in [0.15, 0.2) is 16.5 Å². The van der Waals surface area contributed by atoms with Crippen molar-refractivity contribution in [2.45, 2.75) is 45.1 Å². The van der Waals surface area contributed by atoms with Crippen LogP contribution in [-0.4, -0.2) is 24.2 Å². The van der Waals surface area contributed by atoms with Crippen molar-refractivity contribution < 1.29 is 14.3 Å². The summed E-state index contributed by atoms with van der Waals surface area (Å²) in [5.41, 5.74) is 0. The number of carboxylic acid groups (broad SMARTS) is 1. The Morgan fingerprint density at radius 1 is 1.39 bits per heavy atom. The molecule has 100 valence electrons. The Labute approximate surface area is 108 Å². The van der Waals surface area contributed by atoms with Gasteiger partial charge in [-0.3, -0.25) is 0 Å². The fraction of sp³-hybridized carbons (Fsp3) is 0.643. The van der Waals surface area contributed by atoms with Crippen molar-refractivity contribution >= 4 is 11.9 Å². The zero-order valence-corrected chi connectivity index (χ0v) is 11.1. The van der Waals surface area contributed by atoms with Crippen molar-refractivity contribution in [3.8, 4) is 0 Å². The number of nitrogens with zero attached hydrogens (tertiary/aromatic N) is 1. The Morgan fingerprint density at radius 2 is 2.06 bits per heavy atom. The molecule has 1 N–H and O–H groups in total. The Kier molecular flexibility index (Phi) is 3.94. The zero-order valence-electron chi connectivity index (χ0n) is 11.1. The largest absolute Gasteiger partial charge is 0.475 e. The fourth-order valence-corrected chi connectivity index (χ4v) is 2.75. The maximum Gasteiger partial charge on any atom is 0.371 e. The second-order valence-corrected chi connectivity index (χ2v) is 5.14. The Morgan fingerprint density at radius 3 is 2.56 bits per heavy atom. The van der Waals surface area contributed by atoms with Crippen LogP contribution in [0.25, 0.3) is 0 Å². The second-order valence-electron chi connectivity index (χ2n) is 5.14. The third-order valence-corrected chi connectivity index (χ3v) is 4.09. The molecule has 0 aliphatic heterocycles. The number of carboxylic acids is 1. The summed E-state index contributed by atoms with van der Waals surface area (Å²) in [6, 6.07) is 3.74. The zero-order chi connectivity index (χ0) is 13.1. The van der Waals surface area contributed by atoms with Gasteiger partial charge in [0.1, 0.15) is 0 Å². The van der Waals surface area contributed by atoms with Crippen LogP contribution >= 0.6 is 0 Å². The van der Waals surface area contributed by atoms with E-state index in [1.54, 1.807) is 6.07 Å². The molecule has 0 unspecified atom stereocenters. The molecule has 1 fully saturated rings. The number of furan rings is 1. The molecule has 4 heteroatoms. The van der Waals surface area contributed by atoms with E-state index in [1.807, 2.05) is 7.05 Å². The molecule has 0 bridgehead atoms. The average Bonchev–Trinajstić information content (AvgIpc) is 2.88. The molecule has 0 amide bonds. The number of hydrogen-bond donors (Lipinski definition) is 1. The van der Waals surface area contributed by atoms with Gasteiger partial charge in [0.2, 0.25) is 5.76 Å². The predicted octanol–water partition coefficient (Wildman–Crippen LogP) is 3.38. The number of carbonyl (C=O) groups is 1. The van der Waals surface area contributed by atoms with Gasteiger partial charge in [-0.1, -0.05) is 13.3 Å². The van der Waals surface area contributed by atoms with Crippen LogP contribution in [0.4, 0.5) is 5.88 Å². The molecule has 1 heterocycles. The van der Waals surface area contributed by atoms with E-state index in [-0.39, 0.29) is 5.76 Å². The SMILES string of the molecule is CCC1CCC(N(C)c2ccc(C(=O)O)o2)CC1. The summed E-state index contributed by atoms with van der Waals surface area (Å²) in [5, 5.41) is 8.84. The van der Waals surface area contributed by atoms with Gasteiger partial charge >= 0.3 is 5.97 Å². The highest BCUT2D eigenvalue weighted by molar-refractivity contribution is 5.84. The van der Waals surface area contributed by atoms with Crippen LogP contribution in [0.5, 0.6) is 0 Å². The van der Waals surface area contributed by atoms with Crippen LogP contribution in [0.3, 0.4) is 0 Å². The van der Waals surface area contributed by atoms with Gasteiger partial charge in [0.15, 0.2) is 5.88 Å². The Bertz CT molecular complexity index is 405. The highest BCUT2D eigenvalue weighted by Crippen LogP contribution is 2.31. The molecule has 1 aliphatic carbocycles. The summed E-state index contributed by atoms with van der Waals surface area (Å²) >= 11 is 0. The molecule has 1 aromatic heterocycles. The second kappa shape index (κ2) is 5.46. The molecule has 0 radical (unpaired) electrons. The highest BCUT2D eigenvalue weighted by Gasteiger charge is 2.25. The lowest BCUT2D eigenvalue weighted by Gasteiger charge is -2.34. The van der Waals surface area contributed by atoms with Gasteiger partial charge in [0.05, 0.1) is 0 Å². The molecule has 2 rings (SSSR count). The summed E-state index contributed by atoms with van der Waals surface area (Å²) in [7, 11) is 1.99. The predicted molar refractivity (Wildman–Crippen MR) is 70.1 cm³/mol. The summed E-state index contributed by atoms with van der Waals surface area (Å²) < 4.78 is 5.34. The molecule has 18 heavy (non-hydrogen) atoms. The lowest BCUT2D eigenvalue weighted by atomic mass is 9.84. The molecule has 0 atom stereocenters. The van der Waals surface area contributed by atoms with Gasteiger partial charge in [0.25, 0.3) is 0 Å². The molecule has 0 saturated heterocycles. The van der Waals surface area contributed by atoms with E-state index >= 15 is 0 Å². The Hall–Kier alpha value is -1.45. The van der Waals surface area contributed by atoms with E-state index in [0.717, 1.165) is 18.8 Å². The Balaban J connectivity index is 1.98. The van der Waals surface area contributed by atoms with Crippen LogP contribution in [-0.2, 0) is 0 Å². The maximum atomic E-state index is 10.8. The van der Waals surface area contributed by atoms with Crippen molar-refractivity contribution in [2.24, 2.45) is 5.92 Å². The molecule has 4 nitrogen and oxygen atoms in total. The first-order valence-electron chi connectivity index (χ1n) is 6.67. The van der Waals surface area contributed by atoms with Crippen LogP contribution in [0, 0.1) is 5.92 Å². The van der Waals surface area contributed by atoms with Crippen LogP contribution < -0.4 is 4.90 Å². The van der Waals surface area contributed by atoms with E-state index in [9.17, 15) is 4.79 Å². The minimum absolute atomic E-state index is 0.0131. The normalized spacial score (nSPS) is 23.9. The first kappa shape index (κ1) is 13.0. The first-order valence-corrected chi connectivity index (χ1v) is 6.67. The minimum atomic E-state index is -1.01. The monoisotopic (exact) mass is 251 g/mol. The fourth-order valence-electron chi connectivity index (χ4n) is 2.75. The minimum Gasteiger partial charge on any atom is -0.475 e. The molecule has 0 spiro atoms. The van der Waals surface area contributed by atoms with Crippen molar-refractivity contribution in [3.63, 3.8) is 0 Å². The number of rotatable bonds is 4. The molecule has 0 aromatic carbocycles. The average molecular weight is 251 g/mol. The van der Waals surface area contributed by atoms with Crippen LogP contribution in [0.1, 0.15) is 49.6 Å². The molecular weight excluding hydrogens is 230 g/mol. The summed E-state index contributed by atoms with van der Waals surface area (Å²) in [6.07, 6.45) is 6.12. The summed E-state index contributed by atoms with van der Waals surface area (Å²) in [6.45, 7) is 2.25. The third-order valence-electron chi connectivity index (χ3n) is 4.09. The maximum absolute atomic E-state index is 10.8. The van der Waals surface area contributed by atoms with Crippen LogP contribution in [0.2, 0.25) is 0 Å². The van der Waals surface area contributed by atoms with E-state index in [4.69, 9.17) is 9.52 Å². The quantitative estimate of drug-likeness (QED) is 0.891.